The van der Waals surface area contributed by atoms with E-state index in [-0.39, 0.29) is 5.24 Å². The molecule has 0 fully saturated rings. The lowest BCUT2D eigenvalue weighted by atomic mass is 10.1. The fourth-order valence-electron chi connectivity index (χ4n) is 2.33. The molecule has 0 atom stereocenters. The SMILES string of the molecule is CCCCC/C=C/CCCCCCCCCCC(=O)Cl. The van der Waals surface area contributed by atoms with Gasteiger partial charge in [-0.15, -0.1) is 0 Å². The summed E-state index contributed by atoms with van der Waals surface area (Å²) in [6.07, 6.45) is 21.9. The van der Waals surface area contributed by atoms with E-state index in [2.05, 4.69) is 19.1 Å². The monoisotopic (exact) mass is 300 g/mol. The van der Waals surface area contributed by atoms with E-state index in [1.54, 1.807) is 0 Å². The average Bonchev–Trinajstić information content (AvgIpc) is 2.43. The van der Waals surface area contributed by atoms with Crippen LogP contribution >= 0.6 is 11.6 Å². The zero-order valence-corrected chi connectivity index (χ0v) is 14.1. The molecule has 0 saturated heterocycles. The molecular formula is C18H33ClO. The van der Waals surface area contributed by atoms with Crippen molar-refractivity contribution in [3.8, 4) is 0 Å². The van der Waals surface area contributed by atoms with Crippen LogP contribution in [0, 0.1) is 0 Å². The standard InChI is InChI=1S/C18H33ClO/c1-2-3-4-5-6-7-8-9-10-11-12-13-14-15-16-17-18(19)20/h6-7H,2-5,8-17H2,1H3/b7-6+. The summed E-state index contributed by atoms with van der Waals surface area (Å²) in [5.74, 6) is 0. The van der Waals surface area contributed by atoms with E-state index in [9.17, 15) is 4.79 Å². The number of allylic oxidation sites excluding steroid dienone is 2. The summed E-state index contributed by atoms with van der Waals surface area (Å²) in [6, 6.07) is 0. The highest BCUT2D eigenvalue weighted by Gasteiger charge is 1.96. The molecular weight excluding hydrogens is 268 g/mol. The van der Waals surface area contributed by atoms with Gasteiger partial charge in [0, 0.05) is 6.42 Å². The number of halogens is 1. The molecule has 0 aliphatic carbocycles. The van der Waals surface area contributed by atoms with E-state index >= 15 is 0 Å². The van der Waals surface area contributed by atoms with Crippen LogP contribution in [-0.2, 0) is 4.79 Å². The van der Waals surface area contributed by atoms with Crippen LogP contribution < -0.4 is 0 Å². The molecule has 0 unspecified atom stereocenters. The van der Waals surface area contributed by atoms with Crippen LogP contribution in [0.5, 0.6) is 0 Å². The first-order chi connectivity index (χ1) is 9.77. The molecule has 0 bridgehead atoms. The van der Waals surface area contributed by atoms with E-state index in [0.29, 0.717) is 6.42 Å². The van der Waals surface area contributed by atoms with Gasteiger partial charge < -0.3 is 0 Å². The highest BCUT2D eigenvalue weighted by Crippen LogP contribution is 2.11. The van der Waals surface area contributed by atoms with E-state index in [1.165, 1.54) is 70.6 Å². The molecule has 0 spiro atoms. The molecule has 0 aromatic carbocycles. The third kappa shape index (κ3) is 17.7. The Morgan fingerprint density at radius 3 is 1.70 bits per heavy atom. The van der Waals surface area contributed by atoms with Crippen LogP contribution in [0.1, 0.15) is 96.8 Å². The van der Waals surface area contributed by atoms with Crippen molar-refractivity contribution in [3.05, 3.63) is 12.2 Å². The summed E-state index contributed by atoms with van der Waals surface area (Å²) < 4.78 is 0. The van der Waals surface area contributed by atoms with Gasteiger partial charge in [0.25, 0.3) is 0 Å². The van der Waals surface area contributed by atoms with Gasteiger partial charge in [-0.1, -0.05) is 70.4 Å². The number of carbonyl (C=O) groups is 1. The molecule has 118 valence electrons. The largest absolute Gasteiger partial charge is 0.281 e. The fourth-order valence-corrected chi connectivity index (χ4v) is 2.47. The van der Waals surface area contributed by atoms with Crippen LogP contribution in [-0.4, -0.2) is 5.24 Å². The third-order valence-electron chi connectivity index (χ3n) is 3.64. The Labute approximate surface area is 131 Å². The van der Waals surface area contributed by atoms with Crippen LogP contribution in [0.4, 0.5) is 0 Å². The molecule has 0 rings (SSSR count). The van der Waals surface area contributed by atoms with Crippen LogP contribution in [0.2, 0.25) is 0 Å². The average molecular weight is 301 g/mol. The maximum absolute atomic E-state index is 10.5. The second-order valence-electron chi connectivity index (χ2n) is 5.69. The Balaban J connectivity index is 3.04. The van der Waals surface area contributed by atoms with Crippen molar-refractivity contribution in [2.45, 2.75) is 96.8 Å². The lowest BCUT2D eigenvalue weighted by Gasteiger charge is -2.00. The minimum absolute atomic E-state index is 0.187. The predicted molar refractivity (Wildman–Crippen MR) is 90.3 cm³/mol. The normalized spacial score (nSPS) is 11.3. The summed E-state index contributed by atoms with van der Waals surface area (Å²) in [5, 5.41) is -0.187. The van der Waals surface area contributed by atoms with Crippen molar-refractivity contribution >= 4 is 16.8 Å². The predicted octanol–water partition coefficient (Wildman–Crippen LogP) is 6.79. The first kappa shape index (κ1) is 19.7. The number of rotatable bonds is 15. The van der Waals surface area contributed by atoms with Gasteiger partial charge >= 0.3 is 0 Å². The van der Waals surface area contributed by atoms with Gasteiger partial charge in [-0.2, -0.15) is 0 Å². The molecule has 2 heteroatoms. The molecule has 0 N–H and O–H groups in total. The van der Waals surface area contributed by atoms with Gasteiger partial charge in [-0.3, -0.25) is 4.79 Å². The molecule has 0 saturated carbocycles. The Hall–Kier alpha value is -0.300. The Kier molecular flexibility index (Phi) is 16.5. The molecule has 0 aliphatic heterocycles. The molecule has 0 aliphatic rings. The van der Waals surface area contributed by atoms with Gasteiger partial charge in [0.2, 0.25) is 5.24 Å². The molecule has 1 nitrogen and oxygen atoms in total. The van der Waals surface area contributed by atoms with Crippen molar-refractivity contribution in [1.29, 1.82) is 0 Å². The number of unbranched alkanes of at least 4 members (excludes halogenated alkanes) is 11. The molecule has 0 aromatic rings. The molecule has 20 heavy (non-hydrogen) atoms. The maximum Gasteiger partial charge on any atom is 0.221 e. The molecule has 0 heterocycles. The van der Waals surface area contributed by atoms with E-state index in [0.717, 1.165) is 12.8 Å². The van der Waals surface area contributed by atoms with Crippen molar-refractivity contribution in [3.63, 3.8) is 0 Å². The zero-order chi connectivity index (χ0) is 14.9. The van der Waals surface area contributed by atoms with E-state index in [4.69, 9.17) is 11.6 Å². The van der Waals surface area contributed by atoms with Crippen LogP contribution in [0.15, 0.2) is 12.2 Å². The molecule has 0 radical (unpaired) electrons. The summed E-state index contributed by atoms with van der Waals surface area (Å²) >= 11 is 5.29. The van der Waals surface area contributed by atoms with Gasteiger partial charge in [-0.25, -0.2) is 0 Å². The second kappa shape index (κ2) is 16.8. The van der Waals surface area contributed by atoms with E-state index < -0.39 is 0 Å². The number of hydrogen-bond donors (Lipinski definition) is 0. The smallest absolute Gasteiger partial charge is 0.221 e. The number of hydrogen-bond acceptors (Lipinski definition) is 1. The zero-order valence-electron chi connectivity index (χ0n) is 13.3. The summed E-state index contributed by atoms with van der Waals surface area (Å²) in [5.41, 5.74) is 0. The Morgan fingerprint density at radius 2 is 1.20 bits per heavy atom. The highest BCUT2D eigenvalue weighted by atomic mass is 35.5. The van der Waals surface area contributed by atoms with Crippen LogP contribution in [0.25, 0.3) is 0 Å². The first-order valence-electron chi connectivity index (χ1n) is 8.60. The van der Waals surface area contributed by atoms with Crippen molar-refractivity contribution in [1.82, 2.24) is 0 Å². The van der Waals surface area contributed by atoms with E-state index in [1.807, 2.05) is 0 Å². The summed E-state index contributed by atoms with van der Waals surface area (Å²) in [7, 11) is 0. The van der Waals surface area contributed by atoms with Gasteiger partial charge in [-0.05, 0) is 43.7 Å². The number of carbonyl (C=O) groups excluding carboxylic acids is 1. The lowest BCUT2D eigenvalue weighted by molar-refractivity contribution is -0.111. The maximum atomic E-state index is 10.5. The van der Waals surface area contributed by atoms with Gasteiger partial charge in [0.1, 0.15) is 0 Å². The van der Waals surface area contributed by atoms with Crippen molar-refractivity contribution < 1.29 is 4.79 Å². The summed E-state index contributed by atoms with van der Waals surface area (Å²) in [4.78, 5) is 10.5. The third-order valence-corrected chi connectivity index (χ3v) is 3.82. The van der Waals surface area contributed by atoms with Crippen molar-refractivity contribution in [2.75, 3.05) is 0 Å². The topological polar surface area (TPSA) is 17.1 Å². The highest BCUT2D eigenvalue weighted by molar-refractivity contribution is 6.63. The first-order valence-corrected chi connectivity index (χ1v) is 8.98. The van der Waals surface area contributed by atoms with Gasteiger partial charge in [0.05, 0.1) is 0 Å². The minimum atomic E-state index is -0.187. The minimum Gasteiger partial charge on any atom is -0.281 e. The van der Waals surface area contributed by atoms with Gasteiger partial charge in [0.15, 0.2) is 0 Å². The molecule has 0 amide bonds. The molecule has 0 aromatic heterocycles. The second-order valence-corrected chi connectivity index (χ2v) is 6.11. The Morgan fingerprint density at radius 1 is 0.750 bits per heavy atom. The van der Waals surface area contributed by atoms with Crippen molar-refractivity contribution in [2.24, 2.45) is 0 Å². The quantitative estimate of drug-likeness (QED) is 0.185. The Bertz CT molecular complexity index is 236. The fraction of sp³-hybridized carbons (Fsp3) is 0.833. The summed E-state index contributed by atoms with van der Waals surface area (Å²) in [6.45, 7) is 2.25. The van der Waals surface area contributed by atoms with Crippen LogP contribution in [0.3, 0.4) is 0 Å². The lowest BCUT2D eigenvalue weighted by Crippen LogP contribution is -1.86.